The number of hydrogen-bond donors (Lipinski definition) is 1. The van der Waals surface area contributed by atoms with Gasteiger partial charge in [-0.1, -0.05) is 42.5 Å². The molecule has 0 spiro atoms. The Balaban J connectivity index is 2.73. The second kappa shape index (κ2) is 6.58. The molecule has 0 aliphatic heterocycles. The van der Waals surface area contributed by atoms with E-state index < -0.39 is 17.5 Å². The molecule has 2 aromatic carbocycles. The third kappa shape index (κ3) is 2.82. The second-order valence-corrected chi connectivity index (χ2v) is 6.09. The fourth-order valence-electron chi connectivity index (χ4n) is 2.63. The number of halogens is 1. The monoisotopic (exact) mass is 396 g/mol. The van der Waals surface area contributed by atoms with Gasteiger partial charge in [0.1, 0.15) is 5.41 Å². The zero-order valence-electron chi connectivity index (χ0n) is 11.9. The summed E-state index contributed by atoms with van der Waals surface area (Å²) in [5, 5.41) is 10.4. The highest BCUT2D eigenvalue weighted by atomic mass is 127. The van der Waals surface area contributed by atoms with Crippen LogP contribution in [0.5, 0.6) is 0 Å². The summed E-state index contributed by atoms with van der Waals surface area (Å²) < 4.78 is 6.08. The summed E-state index contributed by atoms with van der Waals surface area (Å²) in [7, 11) is 1.34. The number of esters is 1. The Labute approximate surface area is 138 Å². The summed E-state index contributed by atoms with van der Waals surface area (Å²) >= 11 is 2.20. The van der Waals surface area contributed by atoms with Gasteiger partial charge in [0.15, 0.2) is 0 Å². The number of methoxy groups -OCH3 is 1. The molecule has 21 heavy (non-hydrogen) atoms. The van der Waals surface area contributed by atoms with E-state index in [-0.39, 0.29) is 0 Å². The molecule has 0 amide bonds. The molecule has 2 rings (SSSR count). The van der Waals surface area contributed by atoms with E-state index >= 15 is 0 Å². The Hall–Kier alpha value is -1.40. The SMILES string of the molecule is COC(=O)C(c1ccccc1)(c1ccc(I)cc1)C(C)O. The normalized spacial score (nSPS) is 15.0. The Morgan fingerprint density at radius 3 is 2.10 bits per heavy atom. The molecule has 4 heteroatoms. The van der Waals surface area contributed by atoms with Crippen molar-refractivity contribution in [2.45, 2.75) is 18.4 Å². The lowest BCUT2D eigenvalue weighted by Gasteiger charge is -2.34. The molecule has 1 N–H and O–H groups in total. The lowest BCUT2D eigenvalue weighted by Crippen LogP contribution is -2.47. The van der Waals surface area contributed by atoms with Crippen LogP contribution in [-0.4, -0.2) is 24.3 Å². The second-order valence-electron chi connectivity index (χ2n) is 4.85. The number of ether oxygens (including phenoxy) is 1. The van der Waals surface area contributed by atoms with Gasteiger partial charge in [-0.15, -0.1) is 0 Å². The molecule has 2 unspecified atom stereocenters. The molecule has 0 radical (unpaired) electrons. The third-order valence-electron chi connectivity index (χ3n) is 3.66. The van der Waals surface area contributed by atoms with Gasteiger partial charge in [-0.2, -0.15) is 0 Å². The Morgan fingerprint density at radius 2 is 1.62 bits per heavy atom. The van der Waals surface area contributed by atoms with Gasteiger partial charge in [-0.05, 0) is 52.8 Å². The molecular formula is C17H17IO3. The maximum absolute atomic E-state index is 12.6. The fraction of sp³-hybridized carbons (Fsp3) is 0.235. The minimum absolute atomic E-state index is 0.468. The summed E-state index contributed by atoms with van der Waals surface area (Å²) in [5.41, 5.74) is 0.212. The predicted octanol–water partition coefficient (Wildman–Crippen LogP) is 3.13. The quantitative estimate of drug-likeness (QED) is 0.638. The first kappa shape index (κ1) is 16.0. The molecule has 0 bridgehead atoms. The molecule has 0 saturated heterocycles. The fourth-order valence-corrected chi connectivity index (χ4v) is 2.99. The van der Waals surface area contributed by atoms with E-state index in [1.807, 2.05) is 54.6 Å². The molecule has 2 atom stereocenters. The molecule has 0 fully saturated rings. The van der Waals surface area contributed by atoms with E-state index in [1.54, 1.807) is 6.92 Å². The zero-order valence-corrected chi connectivity index (χ0v) is 14.1. The number of aliphatic hydroxyl groups is 1. The number of carbonyl (C=O) groups is 1. The van der Waals surface area contributed by atoms with Gasteiger partial charge >= 0.3 is 5.97 Å². The van der Waals surface area contributed by atoms with Crippen LogP contribution in [0.2, 0.25) is 0 Å². The molecule has 0 aromatic heterocycles. The van der Waals surface area contributed by atoms with Gasteiger partial charge < -0.3 is 9.84 Å². The highest BCUT2D eigenvalue weighted by molar-refractivity contribution is 14.1. The van der Waals surface area contributed by atoms with Crippen LogP contribution < -0.4 is 0 Å². The first-order valence-corrected chi connectivity index (χ1v) is 7.69. The van der Waals surface area contributed by atoms with Crippen molar-refractivity contribution in [3.63, 3.8) is 0 Å². The Kier molecular flexibility index (Phi) is 5.00. The van der Waals surface area contributed by atoms with Crippen LogP contribution in [0.3, 0.4) is 0 Å². The van der Waals surface area contributed by atoms with Crippen molar-refractivity contribution < 1.29 is 14.6 Å². The maximum Gasteiger partial charge on any atom is 0.323 e. The molecule has 0 aliphatic rings. The van der Waals surface area contributed by atoms with E-state index in [1.165, 1.54) is 7.11 Å². The van der Waals surface area contributed by atoms with Gasteiger partial charge in [0.05, 0.1) is 13.2 Å². The van der Waals surface area contributed by atoms with E-state index in [4.69, 9.17) is 4.74 Å². The molecule has 0 saturated carbocycles. The van der Waals surface area contributed by atoms with E-state index in [0.29, 0.717) is 5.56 Å². The van der Waals surface area contributed by atoms with Crippen LogP contribution in [0.4, 0.5) is 0 Å². The summed E-state index contributed by atoms with van der Waals surface area (Å²) in [6.07, 6.45) is -0.924. The van der Waals surface area contributed by atoms with Crippen LogP contribution in [-0.2, 0) is 14.9 Å². The minimum atomic E-state index is -1.22. The van der Waals surface area contributed by atoms with Crippen LogP contribution in [0.1, 0.15) is 18.1 Å². The lowest BCUT2D eigenvalue weighted by atomic mass is 9.70. The highest BCUT2D eigenvalue weighted by Gasteiger charge is 2.47. The van der Waals surface area contributed by atoms with E-state index in [2.05, 4.69) is 22.6 Å². The molecule has 0 aliphatic carbocycles. The maximum atomic E-state index is 12.6. The average Bonchev–Trinajstić information content (AvgIpc) is 2.50. The Bertz CT molecular complexity index is 608. The van der Waals surface area contributed by atoms with Crippen molar-refractivity contribution in [2.24, 2.45) is 0 Å². The van der Waals surface area contributed by atoms with Crippen LogP contribution in [0, 0.1) is 3.57 Å². The molecule has 110 valence electrons. The predicted molar refractivity (Wildman–Crippen MR) is 90.1 cm³/mol. The summed E-state index contributed by atoms with van der Waals surface area (Å²) in [6.45, 7) is 1.61. The van der Waals surface area contributed by atoms with E-state index in [0.717, 1.165) is 9.13 Å². The standard InChI is InChI=1S/C17H17IO3/c1-12(19)17(16(20)21-2,13-6-4-3-5-7-13)14-8-10-15(18)11-9-14/h3-12,19H,1-2H3. The first-order valence-electron chi connectivity index (χ1n) is 6.61. The van der Waals surface area contributed by atoms with Crippen LogP contribution >= 0.6 is 22.6 Å². The van der Waals surface area contributed by atoms with Gasteiger partial charge in [-0.3, -0.25) is 4.79 Å². The average molecular weight is 396 g/mol. The zero-order chi connectivity index (χ0) is 15.5. The van der Waals surface area contributed by atoms with Gasteiger partial charge in [0.25, 0.3) is 0 Å². The number of hydrogen-bond acceptors (Lipinski definition) is 3. The van der Waals surface area contributed by atoms with Gasteiger partial charge in [0, 0.05) is 3.57 Å². The lowest BCUT2D eigenvalue weighted by molar-refractivity contribution is -0.149. The van der Waals surface area contributed by atoms with Crippen molar-refractivity contribution in [3.05, 3.63) is 69.3 Å². The molecule has 2 aromatic rings. The van der Waals surface area contributed by atoms with Crippen LogP contribution in [0.25, 0.3) is 0 Å². The van der Waals surface area contributed by atoms with Crippen molar-refractivity contribution in [1.82, 2.24) is 0 Å². The number of rotatable bonds is 4. The number of carbonyl (C=O) groups excluding carboxylic acids is 1. The highest BCUT2D eigenvalue weighted by Crippen LogP contribution is 2.37. The van der Waals surface area contributed by atoms with Crippen LogP contribution in [0.15, 0.2) is 54.6 Å². The minimum Gasteiger partial charge on any atom is -0.468 e. The smallest absolute Gasteiger partial charge is 0.323 e. The summed E-state index contributed by atoms with van der Waals surface area (Å²) in [5.74, 6) is -0.468. The number of aliphatic hydroxyl groups excluding tert-OH is 1. The van der Waals surface area contributed by atoms with Crippen molar-refractivity contribution in [3.8, 4) is 0 Å². The van der Waals surface area contributed by atoms with Crippen molar-refractivity contribution >= 4 is 28.6 Å². The third-order valence-corrected chi connectivity index (χ3v) is 4.38. The molecule has 3 nitrogen and oxygen atoms in total. The van der Waals surface area contributed by atoms with Gasteiger partial charge in [0.2, 0.25) is 0 Å². The molecular weight excluding hydrogens is 379 g/mol. The number of benzene rings is 2. The largest absolute Gasteiger partial charge is 0.468 e. The summed E-state index contributed by atoms with van der Waals surface area (Å²) in [4.78, 5) is 12.6. The first-order chi connectivity index (χ1) is 10.0. The molecule has 0 heterocycles. The Morgan fingerprint density at radius 1 is 1.10 bits per heavy atom. The van der Waals surface area contributed by atoms with E-state index in [9.17, 15) is 9.90 Å². The van der Waals surface area contributed by atoms with Crippen molar-refractivity contribution in [1.29, 1.82) is 0 Å². The summed E-state index contributed by atoms with van der Waals surface area (Å²) in [6, 6.07) is 16.8. The topological polar surface area (TPSA) is 46.5 Å². The van der Waals surface area contributed by atoms with Crippen molar-refractivity contribution in [2.75, 3.05) is 7.11 Å². The van der Waals surface area contributed by atoms with Gasteiger partial charge in [-0.25, -0.2) is 0 Å².